The Morgan fingerprint density at radius 2 is 2.05 bits per heavy atom. The molecule has 2 aromatic rings. The number of fused-ring (bicyclic) bond motifs is 1. The molecule has 0 unspecified atom stereocenters. The van der Waals surface area contributed by atoms with Crippen LogP contribution in [0.15, 0.2) is 32.5 Å². The average molecular weight is 306 g/mol. The summed E-state index contributed by atoms with van der Waals surface area (Å²) in [4.78, 5) is 24.0. The smallest absolute Gasteiger partial charge is 0.337 e. The summed E-state index contributed by atoms with van der Waals surface area (Å²) in [5.74, 6) is 0.499. The molecule has 0 aliphatic rings. The molecule has 0 aliphatic heterocycles. The van der Waals surface area contributed by atoms with Gasteiger partial charge in [-0.15, -0.1) is 0 Å². The Morgan fingerprint density at radius 3 is 2.62 bits per heavy atom. The van der Waals surface area contributed by atoms with E-state index in [1.54, 1.807) is 12.1 Å². The van der Waals surface area contributed by atoms with Gasteiger partial charge in [0.1, 0.15) is 5.58 Å². The predicted molar refractivity (Wildman–Crippen MR) is 84.3 cm³/mol. The quantitative estimate of drug-likeness (QED) is 0.635. The van der Waals surface area contributed by atoms with Crippen molar-refractivity contribution in [3.63, 3.8) is 0 Å². The summed E-state index contributed by atoms with van der Waals surface area (Å²) in [6.07, 6.45) is 0. The van der Waals surface area contributed by atoms with E-state index in [-0.39, 0.29) is 11.3 Å². The van der Waals surface area contributed by atoms with Gasteiger partial charge < -0.3 is 9.15 Å². The van der Waals surface area contributed by atoms with Crippen LogP contribution in [0.3, 0.4) is 0 Å². The van der Waals surface area contributed by atoms with Gasteiger partial charge in [-0.1, -0.05) is 32.5 Å². The Hall–Kier alpha value is -1.75. The second kappa shape index (κ2) is 6.35. The molecule has 0 bridgehead atoms. The third-order valence-corrected chi connectivity index (χ3v) is 3.94. The zero-order valence-corrected chi connectivity index (χ0v) is 13.4. The van der Waals surface area contributed by atoms with E-state index in [4.69, 9.17) is 9.15 Å². The standard InChI is InChI=1S/C16H18O4S/c1-5-21-14-8-13(17)12-7-10(16(18)19-4)6-11(9(2)3)15(12)20-14/h6-9H,5H2,1-4H3. The molecule has 112 valence electrons. The highest BCUT2D eigenvalue weighted by Gasteiger charge is 2.17. The second-order valence-electron chi connectivity index (χ2n) is 4.95. The number of thioether (sulfide) groups is 1. The number of carbonyl (C=O) groups is 1. The maximum atomic E-state index is 12.3. The Labute approximate surface area is 127 Å². The van der Waals surface area contributed by atoms with Crippen molar-refractivity contribution in [2.24, 2.45) is 0 Å². The Kier molecular flexibility index (Phi) is 4.73. The molecular weight excluding hydrogens is 288 g/mol. The number of ether oxygens (including phenoxy) is 1. The van der Waals surface area contributed by atoms with Gasteiger partial charge in [-0.2, -0.15) is 0 Å². The Balaban J connectivity index is 2.79. The van der Waals surface area contributed by atoms with E-state index in [0.29, 0.717) is 21.6 Å². The van der Waals surface area contributed by atoms with Crippen LogP contribution in [0.1, 0.15) is 42.6 Å². The largest absolute Gasteiger partial charge is 0.465 e. The molecule has 5 heteroatoms. The van der Waals surface area contributed by atoms with Crippen molar-refractivity contribution in [1.29, 1.82) is 0 Å². The van der Waals surface area contributed by atoms with Crippen LogP contribution < -0.4 is 5.43 Å². The number of benzene rings is 1. The number of hydrogen-bond acceptors (Lipinski definition) is 5. The topological polar surface area (TPSA) is 56.5 Å². The molecule has 0 amide bonds. The number of methoxy groups -OCH3 is 1. The van der Waals surface area contributed by atoms with Crippen molar-refractivity contribution in [2.75, 3.05) is 12.9 Å². The summed E-state index contributed by atoms with van der Waals surface area (Å²) in [7, 11) is 1.32. The highest BCUT2D eigenvalue weighted by molar-refractivity contribution is 7.99. The highest BCUT2D eigenvalue weighted by atomic mass is 32.2. The third kappa shape index (κ3) is 3.13. The molecule has 0 atom stereocenters. The second-order valence-corrected chi connectivity index (χ2v) is 6.22. The van der Waals surface area contributed by atoms with Crippen molar-refractivity contribution in [3.8, 4) is 0 Å². The van der Waals surface area contributed by atoms with E-state index in [0.717, 1.165) is 11.3 Å². The van der Waals surface area contributed by atoms with Crippen molar-refractivity contribution < 1.29 is 13.9 Å². The molecule has 0 radical (unpaired) electrons. The van der Waals surface area contributed by atoms with E-state index in [2.05, 4.69) is 0 Å². The summed E-state index contributed by atoms with van der Waals surface area (Å²) in [5, 5.41) is 1.02. The first kappa shape index (κ1) is 15.6. The van der Waals surface area contributed by atoms with Gasteiger partial charge in [-0.05, 0) is 29.4 Å². The molecule has 4 nitrogen and oxygen atoms in total. The van der Waals surface area contributed by atoms with Crippen LogP contribution in [-0.4, -0.2) is 18.8 Å². The SMILES string of the molecule is CCSc1cc(=O)c2cc(C(=O)OC)cc(C(C)C)c2o1. The van der Waals surface area contributed by atoms with Gasteiger partial charge in [-0.3, -0.25) is 4.79 Å². The molecule has 1 heterocycles. The van der Waals surface area contributed by atoms with Crippen LogP contribution in [0, 0.1) is 0 Å². The molecule has 0 saturated carbocycles. The lowest BCUT2D eigenvalue weighted by Crippen LogP contribution is -2.08. The molecule has 1 aromatic carbocycles. The van der Waals surface area contributed by atoms with Crippen LogP contribution in [0.25, 0.3) is 11.0 Å². The third-order valence-electron chi connectivity index (χ3n) is 3.16. The lowest BCUT2D eigenvalue weighted by molar-refractivity contribution is 0.0601. The number of hydrogen-bond donors (Lipinski definition) is 0. The minimum atomic E-state index is -0.454. The lowest BCUT2D eigenvalue weighted by atomic mass is 9.97. The number of carbonyl (C=O) groups excluding carboxylic acids is 1. The predicted octanol–water partition coefficient (Wildman–Crippen LogP) is 3.82. The van der Waals surface area contributed by atoms with E-state index < -0.39 is 5.97 Å². The molecule has 0 saturated heterocycles. The van der Waals surface area contributed by atoms with Crippen molar-refractivity contribution >= 4 is 28.7 Å². The molecule has 0 fully saturated rings. The molecule has 2 rings (SSSR count). The zero-order valence-electron chi connectivity index (χ0n) is 12.6. The van der Waals surface area contributed by atoms with Crippen molar-refractivity contribution in [3.05, 3.63) is 39.5 Å². The van der Waals surface area contributed by atoms with Crippen molar-refractivity contribution in [1.82, 2.24) is 0 Å². The summed E-state index contributed by atoms with van der Waals surface area (Å²) in [5.41, 5.74) is 1.63. The van der Waals surface area contributed by atoms with Gasteiger partial charge in [0, 0.05) is 6.07 Å². The van der Waals surface area contributed by atoms with Gasteiger partial charge >= 0.3 is 5.97 Å². The van der Waals surface area contributed by atoms with Gasteiger partial charge in [0.2, 0.25) is 0 Å². The summed E-state index contributed by atoms with van der Waals surface area (Å²) in [6, 6.07) is 4.75. The summed E-state index contributed by atoms with van der Waals surface area (Å²) < 4.78 is 10.6. The zero-order chi connectivity index (χ0) is 15.6. The molecule has 21 heavy (non-hydrogen) atoms. The van der Waals surface area contributed by atoms with Gasteiger partial charge in [0.15, 0.2) is 10.5 Å². The first-order chi connectivity index (χ1) is 9.97. The van der Waals surface area contributed by atoms with Gasteiger partial charge in [-0.25, -0.2) is 4.79 Å². The van der Waals surface area contributed by atoms with Crippen LogP contribution in [-0.2, 0) is 4.74 Å². The normalized spacial score (nSPS) is 11.1. The minimum absolute atomic E-state index is 0.127. The summed E-state index contributed by atoms with van der Waals surface area (Å²) in [6.45, 7) is 5.99. The van der Waals surface area contributed by atoms with Crippen LogP contribution in [0.2, 0.25) is 0 Å². The number of rotatable bonds is 4. The average Bonchev–Trinajstić information content (AvgIpc) is 2.45. The fourth-order valence-electron chi connectivity index (χ4n) is 2.14. The first-order valence-electron chi connectivity index (χ1n) is 6.80. The summed E-state index contributed by atoms with van der Waals surface area (Å²) >= 11 is 1.48. The van der Waals surface area contributed by atoms with Crippen LogP contribution in [0.4, 0.5) is 0 Å². The minimum Gasteiger partial charge on any atom is -0.465 e. The lowest BCUT2D eigenvalue weighted by Gasteiger charge is -2.12. The highest BCUT2D eigenvalue weighted by Crippen LogP contribution is 2.29. The molecule has 0 aliphatic carbocycles. The maximum Gasteiger partial charge on any atom is 0.337 e. The molecule has 1 aromatic heterocycles. The van der Waals surface area contributed by atoms with E-state index in [1.165, 1.54) is 24.9 Å². The van der Waals surface area contributed by atoms with Crippen molar-refractivity contribution in [2.45, 2.75) is 31.8 Å². The molecule has 0 N–H and O–H groups in total. The molecule has 0 spiro atoms. The van der Waals surface area contributed by atoms with Gasteiger partial charge in [0.05, 0.1) is 18.1 Å². The maximum absolute atomic E-state index is 12.3. The Morgan fingerprint density at radius 1 is 1.33 bits per heavy atom. The Bertz CT molecular complexity index is 731. The fourth-order valence-corrected chi connectivity index (χ4v) is 2.76. The van der Waals surface area contributed by atoms with E-state index in [1.807, 2.05) is 20.8 Å². The van der Waals surface area contributed by atoms with E-state index >= 15 is 0 Å². The van der Waals surface area contributed by atoms with E-state index in [9.17, 15) is 9.59 Å². The van der Waals surface area contributed by atoms with Gasteiger partial charge in [0.25, 0.3) is 0 Å². The number of esters is 1. The first-order valence-corrected chi connectivity index (χ1v) is 7.79. The fraction of sp³-hybridized carbons (Fsp3) is 0.375. The monoisotopic (exact) mass is 306 g/mol. The van der Waals surface area contributed by atoms with Crippen LogP contribution >= 0.6 is 11.8 Å². The van der Waals surface area contributed by atoms with Crippen LogP contribution in [0.5, 0.6) is 0 Å². The molecular formula is C16H18O4S.